The topological polar surface area (TPSA) is 149 Å². The molecule has 11 nitrogen and oxygen atoms in total. The highest BCUT2D eigenvalue weighted by Gasteiger charge is 2.25. The van der Waals surface area contributed by atoms with Crippen molar-refractivity contribution in [2.75, 3.05) is 33.2 Å². The van der Waals surface area contributed by atoms with Crippen molar-refractivity contribution in [1.29, 1.82) is 0 Å². The third-order valence-electron chi connectivity index (χ3n) is 3.97. The van der Waals surface area contributed by atoms with E-state index in [1.807, 2.05) is 0 Å². The molecule has 0 aliphatic carbocycles. The lowest BCUT2D eigenvalue weighted by atomic mass is 9.99. The van der Waals surface area contributed by atoms with E-state index < -0.39 is 28.7 Å². The predicted molar refractivity (Wildman–Crippen MR) is 106 cm³/mol. The van der Waals surface area contributed by atoms with Gasteiger partial charge in [-0.15, -0.1) is 6.58 Å². The maximum Gasteiger partial charge on any atom is 0.269 e. The number of nitro groups is 1. The van der Waals surface area contributed by atoms with Crippen LogP contribution in [0.15, 0.2) is 36.9 Å². The van der Waals surface area contributed by atoms with Crippen molar-refractivity contribution in [3.63, 3.8) is 0 Å². The lowest BCUT2D eigenvalue weighted by Crippen LogP contribution is -2.43. The van der Waals surface area contributed by atoms with Gasteiger partial charge in [0.1, 0.15) is 6.79 Å². The summed E-state index contributed by atoms with van der Waals surface area (Å²) in [6.45, 7) is 6.03. The van der Waals surface area contributed by atoms with E-state index >= 15 is 0 Å². The third-order valence-corrected chi connectivity index (χ3v) is 3.97. The molecule has 30 heavy (non-hydrogen) atoms. The zero-order valence-corrected chi connectivity index (χ0v) is 16.7. The van der Waals surface area contributed by atoms with Crippen molar-refractivity contribution in [3.8, 4) is 0 Å². The summed E-state index contributed by atoms with van der Waals surface area (Å²) >= 11 is 0. The number of nitro benzene ring substituents is 1. The van der Waals surface area contributed by atoms with Gasteiger partial charge in [0.05, 0.1) is 36.7 Å². The molecule has 0 bridgehead atoms. The van der Waals surface area contributed by atoms with E-state index in [-0.39, 0.29) is 44.3 Å². The number of benzene rings is 1. The number of rotatable bonds is 15. The summed E-state index contributed by atoms with van der Waals surface area (Å²) in [6, 6.07) is 4.48. The summed E-state index contributed by atoms with van der Waals surface area (Å²) in [5, 5.41) is 22.5. The Morgan fingerprint density at radius 3 is 2.50 bits per heavy atom. The molecule has 11 heteroatoms. The number of hydroxylamine groups is 1. The van der Waals surface area contributed by atoms with Crippen molar-refractivity contribution in [1.82, 2.24) is 10.8 Å². The van der Waals surface area contributed by atoms with Crippen LogP contribution in [-0.4, -0.2) is 61.2 Å². The number of hydrogen-bond donors (Lipinski definition) is 3. The number of carbonyl (C=O) groups excluding carboxylic acids is 2. The van der Waals surface area contributed by atoms with E-state index in [0.717, 1.165) is 0 Å². The lowest BCUT2D eigenvalue weighted by molar-refractivity contribution is -0.384. The van der Waals surface area contributed by atoms with Gasteiger partial charge in [-0.3, -0.25) is 24.9 Å². The van der Waals surface area contributed by atoms with E-state index in [2.05, 4.69) is 11.9 Å². The molecular weight excluding hydrogens is 398 g/mol. The van der Waals surface area contributed by atoms with Gasteiger partial charge in [0.25, 0.3) is 11.6 Å². The molecule has 0 radical (unpaired) electrons. The summed E-state index contributed by atoms with van der Waals surface area (Å²) in [6.07, 6.45) is 1.63. The lowest BCUT2D eigenvalue weighted by Gasteiger charge is -2.23. The fraction of sp³-hybridized carbons (Fsp3) is 0.474. The molecule has 0 spiro atoms. The van der Waals surface area contributed by atoms with Gasteiger partial charge in [0.15, 0.2) is 0 Å². The molecule has 0 saturated heterocycles. The first-order valence-electron chi connectivity index (χ1n) is 9.26. The molecule has 3 N–H and O–H groups in total. The summed E-state index contributed by atoms with van der Waals surface area (Å²) in [4.78, 5) is 34.7. The molecule has 1 aromatic rings. The highest BCUT2D eigenvalue weighted by molar-refractivity contribution is 5.94. The Balaban J connectivity index is 2.85. The van der Waals surface area contributed by atoms with E-state index in [9.17, 15) is 19.7 Å². The van der Waals surface area contributed by atoms with Crippen LogP contribution in [0, 0.1) is 16.0 Å². The van der Waals surface area contributed by atoms with Crippen molar-refractivity contribution in [2.24, 2.45) is 5.92 Å². The first kappa shape index (κ1) is 25.2. The van der Waals surface area contributed by atoms with Crippen LogP contribution in [-0.2, 0) is 19.0 Å². The van der Waals surface area contributed by atoms with E-state index in [1.165, 1.54) is 30.3 Å². The zero-order chi connectivity index (χ0) is 22.4. The van der Waals surface area contributed by atoms with Gasteiger partial charge in [-0.2, -0.15) is 0 Å². The number of amides is 2. The molecule has 0 saturated carbocycles. The largest absolute Gasteiger partial charge is 0.377 e. The first-order valence-corrected chi connectivity index (χ1v) is 9.26. The van der Waals surface area contributed by atoms with Crippen LogP contribution in [0.1, 0.15) is 23.7 Å². The highest BCUT2D eigenvalue weighted by Crippen LogP contribution is 2.14. The molecule has 0 aromatic heterocycles. The van der Waals surface area contributed by atoms with Crippen LogP contribution in [0.25, 0.3) is 0 Å². The molecular formula is C19H27N3O8. The Labute approximate surface area is 174 Å². The third kappa shape index (κ3) is 9.09. The summed E-state index contributed by atoms with van der Waals surface area (Å²) in [7, 11) is 0. The molecule has 2 atom stereocenters. The van der Waals surface area contributed by atoms with Gasteiger partial charge in [-0.05, 0) is 25.5 Å². The fourth-order valence-corrected chi connectivity index (χ4v) is 2.48. The van der Waals surface area contributed by atoms with Gasteiger partial charge < -0.3 is 19.5 Å². The average Bonchev–Trinajstić information content (AvgIpc) is 2.75. The number of non-ortho nitro benzene ring substituents is 1. The van der Waals surface area contributed by atoms with Crippen molar-refractivity contribution in [2.45, 2.75) is 19.4 Å². The van der Waals surface area contributed by atoms with Crippen molar-refractivity contribution in [3.05, 3.63) is 52.6 Å². The molecule has 1 aromatic carbocycles. The van der Waals surface area contributed by atoms with E-state index in [0.29, 0.717) is 6.61 Å². The smallest absolute Gasteiger partial charge is 0.269 e. The van der Waals surface area contributed by atoms with Gasteiger partial charge >= 0.3 is 0 Å². The summed E-state index contributed by atoms with van der Waals surface area (Å²) in [5.41, 5.74) is 1.66. The van der Waals surface area contributed by atoms with Gasteiger partial charge in [-0.25, -0.2) is 5.48 Å². The second-order valence-electron chi connectivity index (χ2n) is 6.19. The maximum atomic E-state index is 12.5. The van der Waals surface area contributed by atoms with Crippen molar-refractivity contribution < 1.29 is 33.9 Å². The SMILES string of the molecule is C=CCOC[C@@H](C[C@@H](COCOCC)NC(=O)c1ccc([N+](=O)[O-])cc1)C(=O)NO. The minimum atomic E-state index is -0.771. The molecule has 0 unspecified atom stereocenters. The number of nitrogens with one attached hydrogen (secondary N) is 2. The van der Waals surface area contributed by atoms with E-state index in [4.69, 9.17) is 19.4 Å². The normalized spacial score (nSPS) is 12.6. The molecule has 0 heterocycles. The number of hydrogen-bond acceptors (Lipinski definition) is 8. The molecule has 0 aliphatic rings. The summed E-state index contributed by atoms with van der Waals surface area (Å²) in [5.74, 6) is -1.93. The molecule has 0 fully saturated rings. The minimum absolute atomic E-state index is 0.00420. The second kappa shape index (κ2) is 14.2. The van der Waals surface area contributed by atoms with Crippen LogP contribution in [0.2, 0.25) is 0 Å². The summed E-state index contributed by atoms with van der Waals surface area (Å²) < 4.78 is 15.8. The maximum absolute atomic E-state index is 12.5. The highest BCUT2D eigenvalue weighted by atomic mass is 16.7. The van der Waals surface area contributed by atoms with Gasteiger partial charge in [0.2, 0.25) is 5.91 Å². The van der Waals surface area contributed by atoms with Crippen LogP contribution in [0.5, 0.6) is 0 Å². The average molecular weight is 425 g/mol. The van der Waals surface area contributed by atoms with E-state index in [1.54, 1.807) is 12.4 Å². The number of carbonyl (C=O) groups is 2. The predicted octanol–water partition coefficient (Wildman–Crippen LogP) is 1.42. The number of ether oxygens (including phenoxy) is 3. The zero-order valence-electron chi connectivity index (χ0n) is 16.7. The first-order chi connectivity index (χ1) is 14.4. The number of nitrogens with zero attached hydrogens (tertiary/aromatic N) is 1. The molecule has 0 aliphatic heterocycles. The Kier molecular flexibility index (Phi) is 11.9. The molecule has 1 rings (SSSR count). The van der Waals surface area contributed by atoms with Gasteiger partial charge in [0, 0.05) is 24.3 Å². The van der Waals surface area contributed by atoms with Crippen molar-refractivity contribution >= 4 is 17.5 Å². The van der Waals surface area contributed by atoms with Gasteiger partial charge in [-0.1, -0.05) is 6.08 Å². The fourth-order valence-electron chi connectivity index (χ4n) is 2.48. The Morgan fingerprint density at radius 2 is 1.93 bits per heavy atom. The Morgan fingerprint density at radius 1 is 1.23 bits per heavy atom. The second-order valence-corrected chi connectivity index (χ2v) is 6.19. The van der Waals surface area contributed by atoms with Crippen LogP contribution >= 0.6 is 0 Å². The quantitative estimate of drug-likeness (QED) is 0.0954. The Hall–Kier alpha value is -2.86. The Bertz CT molecular complexity index is 696. The molecule has 166 valence electrons. The minimum Gasteiger partial charge on any atom is -0.377 e. The molecule has 2 amide bonds. The van der Waals surface area contributed by atoms with Crippen LogP contribution in [0.4, 0.5) is 5.69 Å². The van der Waals surface area contributed by atoms with Crippen LogP contribution in [0.3, 0.4) is 0 Å². The monoisotopic (exact) mass is 425 g/mol. The van der Waals surface area contributed by atoms with Crippen LogP contribution < -0.4 is 10.8 Å². The standard InChI is InChI=1S/C19H27N3O8/c1-3-9-29-11-15(19(24)21-25)10-16(12-30-13-28-4-2)20-18(23)14-5-7-17(8-6-14)22(26)27/h3,5-8,15-16,25H,1,4,9-13H2,2H3,(H,20,23)(H,21,24)/t15-,16+/m1/s1.